The zero-order valence-corrected chi connectivity index (χ0v) is 11.9. The van der Waals surface area contributed by atoms with Crippen LogP contribution in [0.2, 0.25) is 0 Å². The van der Waals surface area contributed by atoms with Crippen molar-refractivity contribution in [2.75, 3.05) is 0 Å². The minimum absolute atomic E-state index is 0.372. The van der Waals surface area contributed by atoms with Crippen molar-refractivity contribution in [2.45, 2.75) is 46.1 Å². The van der Waals surface area contributed by atoms with Gasteiger partial charge in [0.15, 0.2) is 0 Å². The first-order valence-corrected chi connectivity index (χ1v) is 7.05. The van der Waals surface area contributed by atoms with Crippen LogP contribution in [0.3, 0.4) is 0 Å². The molecule has 0 spiro atoms. The molecule has 1 aromatic carbocycles. The first-order chi connectivity index (χ1) is 9.19. The van der Waals surface area contributed by atoms with E-state index < -0.39 is 0 Å². The number of hydrogen-bond acceptors (Lipinski definition) is 2. The molecule has 1 aromatic heterocycles. The van der Waals surface area contributed by atoms with Crippen LogP contribution in [0.4, 0.5) is 0 Å². The summed E-state index contributed by atoms with van der Waals surface area (Å²) in [5, 5.41) is 14.4. The van der Waals surface area contributed by atoms with E-state index in [1.165, 1.54) is 5.69 Å². The third kappa shape index (κ3) is 2.87. The Bertz CT molecular complexity index is 528. The summed E-state index contributed by atoms with van der Waals surface area (Å²) in [7, 11) is 0. The zero-order chi connectivity index (χ0) is 13.8. The second-order valence-electron chi connectivity index (χ2n) is 4.76. The van der Waals surface area contributed by atoms with Gasteiger partial charge in [0, 0.05) is 5.69 Å². The molecule has 0 aliphatic heterocycles. The van der Waals surface area contributed by atoms with Gasteiger partial charge in [0.1, 0.15) is 0 Å². The molecule has 1 atom stereocenters. The molecular weight excluding hydrogens is 236 g/mol. The normalized spacial score (nSPS) is 12.6. The summed E-state index contributed by atoms with van der Waals surface area (Å²) in [5.74, 6) is 0. The van der Waals surface area contributed by atoms with E-state index in [4.69, 9.17) is 0 Å². The molecule has 0 saturated heterocycles. The highest BCUT2D eigenvalue weighted by Gasteiger charge is 2.09. The molecule has 0 bridgehead atoms. The fraction of sp³-hybridized carbons (Fsp3) is 0.438. The van der Waals surface area contributed by atoms with Gasteiger partial charge in [-0.3, -0.25) is 0 Å². The third-order valence-electron chi connectivity index (χ3n) is 3.47. The monoisotopic (exact) mass is 258 g/mol. The molecule has 2 aromatic rings. The van der Waals surface area contributed by atoms with Gasteiger partial charge in [0.2, 0.25) is 0 Å². The maximum Gasteiger partial charge on any atom is 0.0787 e. The van der Waals surface area contributed by atoms with Crippen LogP contribution in [0.5, 0.6) is 0 Å². The summed E-state index contributed by atoms with van der Waals surface area (Å²) in [6.45, 7) is 6.24. The van der Waals surface area contributed by atoms with Gasteiger partial charge in [-0.2, -0.15) is 5.10 Å². The highest BCUT2D eigenvalue weighted by atomic mass is 16.3. The summed E-state index contributed by atoms with van der Waals surface area (Å²) in [6, 6.07) is 10.2. The van der Waals surface area contributed by atoms with Crippen molar-refractivity contribution in [1.82, 2.24) is 9.78 Å². The third-order valence-corrected chi connectivity index (χ3v) is 3.47. The Morgan fingerprint density at radius 2 is 1.79 bits per heavy atom. The number of nitrogens with zero attached hydrogens (tertiary/aromatic N) is 2. The summed E-state index contributed by atoms with van der Waals surface area (Å²) in [6.07, 6.45) is 2.28. The van der Waals surface area contributed by atoms with Gasteiger partial charge in [-0.25, -0.2) is 4.68 Å². The molecule has 3 heteroatoms. The number of aliphatic hydroxyl groups excluding tert-OH is 1. The number of hydrogen-bond donors (Lipinski definition) is 1. The van der Waals surface area contributed by atoms with Gasteiger partial charge in [0.25, 0.3) is 0 Å². The van der Waals surface area contributed by atoms with Crippen LogP contribution < -0.4 is 0 Å². The van der Waals surface area contributed by atoms with Crippen molar-refractivity contribution in [2.24, 2.45) is 0 Å². The second-order valence-corrected chi connectivity index (χ2v) is 4.76. The van der Waals surface area contributed by atoms with Gasteiger partial charge in [-0.1, -0.05) is 32.9 Å². The maximum atomic E-state index is 9.81. The van der Waals surface area contributed by atoms with E-state index in [2.05, 4.69) is 25.0 Å². The lowest BCUT2D eigenvalue weighted by Crippen LogP contribution is -2.02. The Morgan fingerprint density at radius 3 is 2.32 bits per heavy atom. The highest BCUT2D eigenvalue weighted by molar-refractivity contribution is 5.37. The molecule has 2 rings (SSSR count). The number of aromatic nitrogens is 2. The van der Waals surface area contributed by atoms with E-state index in [1.807, 2.05) is 35.9 Å². The second kappa shape index (κ2) is 6.02. The number of rotatable bonds is 5. The molecule has 0 saturated carbocycles. The Kier molecular flexibility index (Phi) is 4.38. The maximum absolute atomic E-state index is 9.81. The predicted octanol–water partition coefficient (Wildman–Crippen LogP) is 3.44. The Morgan fingerprint density at radius 1 is 1.11 bits per heavy atom. The number of aryl methyl sites for hydroxylation is 2. The number of aliphatic hydroxyl groups is 1. The van der Waals surface area contributed by atoms with E-state index in [0.29, 0.717) is 0 Å². The Labute approximate surface area is 114 Å². The van der Waals surface area contributed by atoms with Crippen LogP contribution in [0.1, 0.15) is 50.2 Å². The van der Waals surface area contributed by atoms with Gasteiger partial charge in [-0.15, -0.1) is 0 Å². The average Bonchev–Trinajstić information content (AvgIpc) is 2.90. The van der Waals surface area contributed by atoms with E-state index in [9.17, 15) is 5.11 Å². The predicted molar refractivity (Wildman–Crippen MR) is 77.6 cm³/mol. The van der Waals surface area contributed by atoms with E-state index in [-0.39, 0.29) is 6.10 Å². The van der Waals surface area contributed by atoms with Crippen molar-refractivity contribution < 1.29 is 5.11 Å². The lowest BCUT2D eigenvalue weighted by Gasteiger charge is -2.10. The quantitative estimate of drug-likeness (QED) is 0.892. The van der Waals surface area contributed by atoms with Gasteiger partial charge in [-0.05, 0) is 43.0 Å². The fourth-order valence-electron chi connectivity index (χ4n) is 2.20. The Hall–Kier alpha value is -1.61. The fourth-order valence-corrected chi connectivity index (χ4v) is 2.20. The summed E-state index contributed by atoms with van der Waals surface area (Å²) >= 11 is 0. The average molecular weight is 258 g/mol. The molecule has 1 N–H and O–H groups in total. The zero-order valence-electron chi connectivity index (χ0n) is 11.9. The molecule has 19 heavy (non-hydrogen) atoms. The van der Waals surface area contributed by atoms with Crippen LogP contribution in [-0.4, -0.2) is 14.9 Å². The van der Waals surface area contributed by atoms with Gasteiger partial charge in [0.05, 0.1) is 17.5 Å². The summed E-state index contributed by atoms with van der Waals surface area (Å²) in [4.78, 5) is 0. The van der Waals surface area contributed by atoms with Crippen LogP contribution >= 0.6 is 0 Å². The van der Waals surface area contributed by atoms with Crippen molar-refractivity contribution in [3.63, 3.8) is 0 Å². The highest BCUT2D eigenvalue weighted by Crippen LogP contribution is 2.19. The molecule has 0 radical (unpaired) electrons. The van der Waals surface area contributed by atoms with Gasteiger partial charge < -0.3 is 5.11 Å². The molecule has 102 valence electrons. The molecule has 0 amide bonds. The SMILES string of the molecule is CCc1cc(CC)n(-c2ccc(C(O)CC)cc2)n1. The standard InChI is InChI=1S/C16H22N2O/c1-4-13-11-14(5-2)18(17-13)15-9-7-12(8-10-15)16(19)6-3/h7-11,16,19H,4-6H2,1-3H3. The van der Waals surface area contributed by atoms with Crippen LogP contribution in [0.25, 0.3) is 5.69 Å². The van der Waals surface area contributed by atoms with E-state index in [0.717, 1.165) is 36.2 Å². The minimum atomic E-state index is -0.372. The molecular formula is C16H22N2O. The molecule has 0 fully saturated rings. The Balaban J connectivity index is 2.34. The first kappa shape index (κ1) is 13.8. The van der Waals surface area contributed by atoms with E-state index in [1.54, 1.807) is 0 Å². The van der Waals surface area contributed by atoms with Crippen molar-refractivity contribution in [3.05, 3.63) is 47.3 Å². The van der Waals surface area contributed by atoms with Crippen LogP contribution in [-0.2, 0) is 12.8 Å². The lowest BCUT2D eigenvalue weighted by atomic mass is 10.1. The van der Waals surface area contributed by atoms with Crippen LogP contribution in [0.15, 0.2) is 30.3 Å². The molecule has 1 unspecified atom stereocenters. The molecule has 3 nitrogen and oxygen atoms in total. The summed E-state index contributed by atoms with van der Waals surface area (Å²) in [5.41, 5.74) is 4.37. The first-order valence-electron chi connectivity index (χ1n) is 7.05. The topological polar surface area (TPSA) is 38.0 Å². The minimum Gasteiger partial charge on any atom is -0.388 e. The van der Waals surface area contributed by atoms with Gasteiger partial charge >= 0.3 is 0 Å². The van der Waals surface area contributed by atoms with Crippen LogP contribution in [0, 0.1) is 0 Å². The molecule has 0 aliphatic carbocycles. The van der Waals surface area contributed by atoms with Crippen molar-refractivity contribution in [1.29, 1.82) is 0 Å². The lowest BCUT2D eigenvalue weighted by molar-refractivity contribution is 0.173. The largest absolute Gasteiger partial charge is 0.388 e. The number of benzene rings is 1. The van der Waals surface area contributed by atoms with Crippen molar-refractivity contribution in [3.8, 4) is 5.69 Å². The smallest absolute Gasteiger partial charge is 0.0787 e. The molecule has 1 heterocycles. The summed E-state index contributed by atoms with van der Waals surface area (Å²) < 4.78 is 2.00. The van der Waals surface area contributed by atoms with E-state index >= 15 is 0 Å². The van der Waals surface area contributed by atoms with Crippen molar-refractivity contribution >= 4 is 0 Å². The molecule has 0 aliphatic rings.